The third-order valence-corrected chi connectivity index (χ3v) is 5.45. The monoisotopic (exact) mass is 374 g/mol. The summed E-state index contributed by atoms with van der Waals surface area (Å²) in [4.78, 5) is 14.8. The van der Waals surface area contributed by atoms with Crippen molar-refractivity contribution in [1.29, 1.82) is 0 Å². The Labute approximate surface area is 150 Å². The van der Waals surface area contributed by atoms with Gasteiger partial charge in [0, 0.05) is 48.8 Å². The minimum atomic E-state index is -1.22. The fraction of sp³-hybridized carbons (Fsp3) is 0.562. The Bertz CT molecular complexity index is 614. The van der Waals surface area contributed by atoms with Gasteiger partial charge in [-0.3, -0.25) is 9.00 Å². The molecule has 2 aliphatic heterocycles. The molecule has 0 aromatic heterocycles. The molecule has 8 heteroatoms. The average Bonchev–Trinajstić information content (AvgIpc) is 2.59. The van der Waals surface area contributed by atoms with Crippen LogP contribution in [-0.4, -0.2) is 59.7 Å². The number of hydrogen-bond donors (Lipinski definition) is 1. The molecule has 0 radical (unpaired) electrons. The number of nitrogens with zero attached hydrogens (tertiary/aromatic N) is 1. The van der Waals surface area contributed by atoms with Crippen molar-refractivity contribution in [2.24, 2.45) is 0 Å². The number of hydrogen-bond acceptors (Lipinski definition) is 5. The first-order valence-electron chi connectivity index (χ1n) is 7.93. The number of piperazine rings is 1. The molecule has 24 heavy (non-hydrogen) atoms. The van der Waals surface area contributed by atoms with E-state index in [1.165, 1.54) is 0 Å². The SMILES string of the molecule is CC1CNCCN1C(=O)CCS(=O)c1ccc2c(c1)OCCO2.Cl. The van der Waals surface area contributed by atoms with Gasteiger partial charge in [0.25, 0.3) is 0 Å². The van der Waals surface area contributed by atoms with Gasteiger partial charge in [0.1, 0.15) is 13.2 Å². The molecule has 1 amide bonds. The van der Waals surface area contributed by atoms with Crippen molar-refractivity contribution in [2.45, 2.75) is 24.3 Å². The molecule has 3 rings (SSSR count). The minimum absolute atomic E-state index is 0. The Morgan fingerprint density at radius 3 is 2.83 bits per heavy atom. The summed E-state index contributed by atoms with van der Waals surface area (Å²) in [6.45, 7) is 5.42. The van der Waals surface area contributed by atoms with Crippen LogP contribution < -0.4 is 14.8 Å². The number of carbonyl (C=O) groups excluding carboxylic acids is 1. The molecule has 134 valence electrons. The Kier molecular flexibility index (Phi) is 6.89. The van der Waals surface area contributed by atoms with Crippen LogP contribution in [-0.2, 0) is 15.6 Å². The summed E-state index contributed by atoms with van der Waals surface area (Å²) in [5, 5.41) is 3.26. The predicted octanol–water partition coefficient (Wildman–Crippen LogP) is 1.20. The Balaban J connectivity index is 0.00000208. The van der Waals surface area contributed by atoms with Crippen molar-refractivity contribution in [3.63, 3.8) is 0 Å². The number of benzene rings is 1. The molecule has 6 nitrogen and oxygen atoms in total. The quantitative estimate of drug-likeness (QED) is 0.857. The number of ether oxygens (including phenoxy) is 2. The molecule has 2 unspecified atom stereocenters. The van der Waals surface area contributed by atoms with Gasteiger partial charge in [-0.2, -0.15) is 0 Å². The van der Waals surface area contributed by atoms with Crippen LogP contribution in [0.3, 0.4) is 0 Å². The van der Waals surface area contributed by atoms with Crippen molar-refractivity contribution in [3.8, 4) is 11.5 Å². The second-order valence-electron chi connectivity index (χ2n) is 5.75. The van der Waals surface area contributed by atoms with Crippen molar-refractivity contribution < 1.29 is 18.5 Å². The van der Waals surface area contributed by atoms with E-state index in [0.29, 0.717) is 41.8 Å². The number of rotatable bonds is 4. The summed E-state index contributed by atoms with van der Waals surface area (Å²) >= 11 is 0. The number of fused-ring (bicyclic) bond motifs is 1. The predicted molar refractivity (Wildman–Crippen MR) is 94.6 cm³/mol. The molecular weight excluding hydrogens is 352 g/mol. The lowest BCUT2D eigenvalue weighted by molar-refractivity contribution is -0.133. The van der Waals surface area contributed by atoms with Gasteiger partial charge in [-0.25, -0.2) is 0 Å². The largest absolute Gasteiger partial charge is 0.486 e. The number of carbonyl (C=O) groups is 1. The summed E-state index contributed by atoms with van der Waals surface area (Å²) in [6.07, 6.45) is 0.297. The van der Waals surface area contributed by atoms with Gasteiger partial charge in [0.05, 0.1) is 10.8 Å². The number of nitrogens with one attached hydrogen (secondary N) is 1. The van der Waals surface area contributed by atoms with Crippen LogP contribution >= 0.6 is 12.4 Å². The smallest absolute Gasteiger partial charge is 0.223 e. The molecule has 0 aliphatic carbocycles. The van der Waals surface area contributed by atoms with E-state index in [2.05, 4.69) is 5.32 Å². The second-order valence-corrected chi connectivity index (χ2v) is 7.32. The van der Waals surface area contributed by atoms with Crippen molar-refractivity contribution in [2.75, 3.05) is 38.6 Å². The lowest BCUT2D eigenvalue weighted by atomic mass is 10.2. The van der Waals surface area contributed by atoms with Gasteiger partial charge in [0.2, 0.25) is 5.91 Å². The summed E-state index contributed by atoms with van der Waals surface area (Å²) in [6, 6.07) is 5.50. The first kappa shape index (κ1) is 19.0. The highest BCUT2D eigenvalue weighted by Crippen LogP contribution is 2.31. The molecule has 2 aliphatic rings. The van der Waals surface area contributed by atoms with Gasteiger partial charge in [-0.1, -0.05) is 0 Å². The third kappa shape index (κ3) is 4.40. The molecule has 1 fully saturated rings. The molecule has 0 saturated carbocycles. The van der Waals surface area contributed by atoms with E-state index in [0.717, 1.165) is 19.6 Å². The molecule has 1 aromatic rings. The zero-order chi connectivity index (χ0) is 16.2. The highest BCUT2D eigenvalue weighted by molar-refractivity contribution is 7.85. The Morgan fingerprint density at radius 1 is 1.33 bits per heavy atom. The fourth-order valence-electron chi connectivity index (χ4n) is 2.82. The van der Waals surface area contributed by atoms with Gasteiger partial charge >= 0.3 is 0 Å². The third-order valence-electron chi connectivity index (χ3n) is 4.10. The maximum atomic E-state index is 12.4. The van der Waals surface area contributed by atoms with Crippen molar-refractivity contribution >= 4 is 29.1 Å². The Hall–Kier alpha value is -1.31. The maximum Gasteiger partial charge on any atom is 0.223 e. The lowest BCUT2D eigenvalue weighted by Crippen LogP contribution is -2.52. The summed E-state index contributed by atoms with van der Waals surface area (Å²) < 4.78 is 23.4. The molecule has 2 atom stereocenters. The van der Waals surface area contributed by atoms with E-state index in [4.69, 9.17) is 9.47 Å². The van der Waals surface area contributed by atoms with E-state index >= 15 is 0 Å². The van der Waals surface area contributed by atoms with Crippen LogP contribution in [0.5, 0.6) is 11.5 Å². The molecule has 1 saturated heterocycles. The molecular formula is C16H23ClN2O4S. The van der Waals surface area contributed by atoms with Crippen LogP contribution in [0.25, 0.3) is 0 Å². The van der Waals surface area contributed by atoms with Gasteiger partial charge in [-0.15, -0.1) is 12.4 Å². The standard InChI is InChI=1S/C16H22N2O4S.ClH/c1-12-11-17-5-6-18(12)16(19)4-9-23(20)13-2-3-14-15(10-13)22-8-7-21-14;/h2-3,10,12,17H,4-9,11H2,1H3;1H. The van der Waals surface area contributed by atoms with E-state index in [-0.39, 0.29) is 24.4 Å². The molecule has 0 bridgehead atoms. The highest BCUT2D eigenvalue weighted by Gasteiger charge is 2.23. The summed E-state index contributed by atoms with van der Waals surface area (Å²) in [7, 11) is -1.22. The van der Waals surface area contributed by atoms with Crippen LogP contribution in [0.2, 0.25) is 0 Å². The Morgan fingerprint density at radius 2 is 2.08 bits per heavy atom. The average molecular weight is 375 g/mol. The highest BCUT2D eigenvalue weighted by atomic mass is 35.5. The topological polar surface area (TPSA) is 67.9 Å². The maximum absolute atomic E-state index is 12.4. The van der Waals surface area contributed by atoms with Crippen molar-refractivity contribution in [1.82, 2.24) is 10.2 Å². The van der Waals surface area contributed by atoms with E-state index in [1.54, 1.807) is 18.2 Å². The number of amides is 1. The van der Waals surface area contributed by atoms with Crippen molar-refractivity contribution in [3.05, 3.63) is 18.2 Å². The summed E-state index contributed by atoms with van der Waals surface area (Å²) in [5.41, 5.74) is 0. The van der Waals surface area contributed by atoms with Crippen LogP contribution in [0, 0.1) is 0 Å². The molecule has 1 N–H and O–H groups in total. The molecule has 2 heterocycles. The van der Waals surface area contributed by atoms with E-state index < -0.39 is 10.8 Å². The van der Waals surface area contributed by atoms with E-state index in [9.17, 15) is 9.00 Å². The van der Waals surface area contributed by atoms with Gasteiger partial charge < -0.3 is 19.7 Å². The summed E-state index contributed by atoms with van der Waals surface area (Å²) in [5.74, 6) is 1.71. The lowest BCUT2D eigenvalue weighted by Gasteiger charge is -2.34. The minimum Gasteiger partial charge on any atom is -0.486 e. The van der Waals surface area contributed by atoms with Gasteiger partial charge in [-0.05, 0) is 19.1 Å². The zero-order valence-corrected chi connectivity index (χ0v) is 15.3. The first-order valence-corrected chi connectivity index (χ1v) is 9.25. The zero-order valence-electron chi connectivity index (χ0n) is 13.7. The van der Waals surface area contributed by atoms with Gasteiger partial charge in [0.15, 0.2) is 11.5 Å². The normalized spacial score (nSPS) is 20.9. The van der Waals surface area contributed by atoms with Crippen LogP contribution in [0.15, 0.2) is 23.1 Å². The molecule has 0 spiro atoms. The molecule has 1 aromatic carbocycles. The van der Waals surface area contributed by atoms with Crippen LogP contribution in [0.1, 0.15) is 13.3 Å². The van der Waals surface area contributed by atoms with Crippen LogP contribution in [0.4, 0.5) is 0 Å². The van der Waals surface area contributed by atoms with E-state index in [1.807, 2.05) is 11.8 Å². The fourth-order valence-corrected chi connectivity index (χ4v) is 3.87. The first-order chi connectivity index (χ1) is 11.1. The second kappa shape index (κ2) is 8.69. The number of halogens is 1.